The molecule has 6 heteroatoms. The lowest BCUT2D eigenvalue weighted by molar-refractivity contribution is -0.132. The molecule has 31 heavy (non-hydrogen) atoms. The second kappa shape index (κ2) is 10.4. The summed E-state index contributed by atoms with van der Waals surface area (Å²) in [5, 5.41) is 4.11. The molecule has 2 aromatic carbocycles. The number of benzene rings is 2. The van der Waals surface area contributed by atoms with Gasteiger partial charge in [0, 0.05) is 44.6 Å². The summed E-state index contributed by atoms with van der Waals surface area (Å²) in [6, 6.07) is 18.4. The van der Waals surface area contributed by atoms with Gasteiger partial charge in [0.25, 0.3) is 0 Å². The van der Waals surface area contributed by atoms with Gasteiger partial charge in [0.05, 0.1) is 0 Å². The van der Waals surface area contributed by atoms with E-state index in [0.717, 1.165) is 57.5 Å². The Morgan fingerprint density at radius 2 is 1.71 bits per heavy atom. The maximum absolute atomic E-state index is 12.5. The summed E-state index contributed by atoms with van der Waals surface area (Å²) in [6.45, 7) is 6.52. The van der Waals surface area contributed by atoms with Crippen LogP contribution < -0.4 is 0 Å². The van der Waals surface area contributed by atoms with Gasteiger partial charge < -0.3 is 9.42 Å². The molecule has 2 heterocycles. The number of nitrogens with zero attached hydrogens (tertiary/aromatic N) is 4. The van der Waals surface area contributed by atoms with Crippen LogP contribution in [0.1, 0.15) is 29.9 Å². The lowest BCUT2D eigenvalue weighted by Crippen LogP contribution is -2.48. The molecular weight excluding hydrogens is 388 g/mol. The van der Waals surface area contributed by atoms with Crippen molar-refractivity contribution < 1.29 is 9.32 Å². The number of aromatic nitrogens is 2. The molecule has 1 amide bonds. The van der Waals surface area contributed by atoms with Crippen molar-refractivity contribution in [3.05, 3.63) is 71.6 Å². The first kappa shape index (κ1) is 21.2. The Hall–Kier alpha value is -2.99. The number of carbonyl (C=O) groups is 1. The first-order valence-electron chi connectivity index (χ1n) is 11.1. The molecule has 0 saturated carbocycles. The van der Waals surface area contributed by atoms with Gasteiger partial charge in [0.15, 0.2) is 0 Å². The van der Waals surface area contributed by atoms with Crippen LogP contribution in [0.15, 0.2) is 59.1 Å². The third-order valence-electron chi connectivity index (χ3n) is 5.84. The van der Waals surface area contributed by atoms with Crippen LogP contribution in [0.3, 0.4) is 0 Å². The smallest absolute Gasteiger partial charge is 0.227 e. The second-order valence-corrected chi connectivity index (χ2v) is 8.19. The molecule has 0 spiro atoms. The fourth-order valence-electron chi connectivity index (χ4n) is 3.91. The minimum Gasteiger partial charge on any atom is -0.340 e. The van der Waals surface area contributed by atoms with E-state index < -0.39 is 0 Å². The number of hydrogen-bond donors (Lipinski definition) is 0. The van der Waals surface area contributed by atoms with Crippen molar-refractivity contribution in [3.63, 3.8) is 0 Å². The SMILES string of the molecule is Cc1ccc(-c2noc(CCCN3CCN(C(=O)CCc4ccccc4)CC3)n2)cc1. The zero-order chi connectivity index (χ0) is 21.5. The molecule has 0 bridgehead atoms. The molecule has 3 aromatic rings. The van der Waals surface area contributed by atoms with Gasteiger partial charge in [-0.1, -0.05) is 65.3 Å². The van der Waals surface area contributed by atoms with Crippen LogP contribution >= 0.6 is 0 Å². The van der Waals surface area contributed by atoms with Gasteiger partial charge in [-0.05, 0) is 31.9 Å². The van der Waals surface area contributed by atoms with Crippen LogP contribution in [0.4, 0.5) is 0 Å². The van der Waals surface area contributed by atoms with E-state index in [-0.39, 0.29) is 5.91 Å². The third-order valence-corrected chi connectivity index (χ3v) is 5.84. The van der Waals surface area contributed by atoms with Crippen molar-refractivity contribution in [2.75, 3.05) is 32.7 Å². The number of aryl methyl sites for hydroxylation is 3. The normalized spacial score (nSPS) is 14.7. The monoisotopic (exact) mass is 418 g/mol. The highest BCUT2D eigenvalue weighted by molar-refractivity contribution is 5.76. The zero-order valence-corrected chi connectivity index (χ0v) is 18.2. The first-order valence-corrected chi connectivity index (χ1v) is 11.1. The average Bonchev–Trinajstić information content (AvgIpc) is 3.28. The van der Waals surface area contributed by atoms with Gasteiger partial charge in [-0.25, -0.2) is 0 Å². The molecule has 1 saturated heterocycles. The van der Waals surface area contributed by atoms with E-state index in [1.807, 2.05) is 35.2 Å². The molecule has 1 aliphatic heterocycles. The summed E-state index contributed by atoms with van der Waals surface area (Å²) in [4.78, 5) is 21.4. The highest BCUT2D eigenvalue weighted by atomic mass is 16.5. The van der Waals surface area contributed by atoms with Crippen molar-refractivity contribution in [2.45, 2.75) is 32.6 Å². The van der Waals surface area contributed by atoms with Gasteiger partial charge in [-0.3, -0.25) is 9.69 Å². The molecule has 6 nitrogen and oxygen atoms in total. The quantitative estimate of drug-likeness (QED) is 0.557. The van der Waals surface area contributed by atoms with E-state index in [2.05, 4.69) is 46.2 Å². The van der Waals surface area contributed by atoms with E-state index in [1.54, 1.807) is 0 Å². The Morgan fingerprint density at radius 3 is 2.45 bits per heavy atom. The predicted octanol–water partition coefficient (Wildman–Crippen LogP) is 3.75. The number of carbonyl (C=O) groups excluding carboxylic acids is 1. The van der Waals surface area contributed by atoms with Gasteiger partial charge in [-0.2, -0.15) is 4.98 Å². The Labute approximate surface area is 183 Å². The Morgan fingerprint density at radius 1 is 0.968 bits per heavy atom. The summed E-state index contributed by atoms with van der Waals surface area (Å²) < 4.78 is 5.42. The van der Waals surface area contributed by atoms with Crippen molar-refractivity contribution in [1.29, 1.82) is 0 Å². The maximum atomic E-state index is 12.5. The summed E-state index contributed by atoms with van der Waals surface area (Å²) in [6.07, 6.45) is 3.14. The molecule has 4 rings (SSSR count). The highest BCUT2D eigenvalue weighted by Crippen LogP contribution is 2.17. The molecular formula is C25H30N4O2. The van der Waals surface area contributed by atoms with E-state index >= 15 is 0 Å². The molecule has 0 radical (unpaired) electrons. The molecule has 0 unspecified atom stereocenters. The van der Waals surface area contributed by atoms with E-state index in [4.69, 9.17) is 4.52 Å². The van der Waals surface area contributed by atoms with Crippen molar-refractivity contribution in [2.24, 2.45) is 0 Å². The van der Waals surface area contributed by atoms with Crippen LogP contribution in [0.25, 0.3) is 11.4 Å². The van der Waals surface area contributed by atoms with Crippen LogP contribution in [0.2, 0.25) is 0 Å². The predicted molar refractivity (Wildman–Crippen MR) is 121 cm³/mol. The third kappa shape index (κ3) is 6.01. The Balaban J connectivity index is 1.15. The number of rotatable bonds is 8. The van der Waals surface area contributed by atoms with Gasteiger partial charge in [-0.15, -0.1) is 0 Å². The molecule has 162 valence electrons. The maximum Gasteiger partial charge on any atom is 0.227 e. The van der Waals surface area contributed by atoms with E-state index in [0.29, 0.717) is 18.1 Å². The lowest BCUT2D eigenvalue weighted by atomic mass is 10.1. The van der Waals surface area contributed by atoms with Crippen LogP contribution in [-0.4, -0.2) is 58.6 Å². The van der Waals surface area contributed by atoms with Crippen molar-refractivity contribution in [1.82, 2.24) is 19.9 Å². The highest BCUT2D eigenvalue weighted by Gasteiger charge is 2.20. The topological polar surface area (TPSA) is 62.5 Å². The number of amides is 1. The second-order valence-electron chi connectivity index (χ2n) is 8.19. The lowest BCUT2D eigenvalue weighted by Gasteiger charge is -2.34. The van der Waals surface area contributed by atoms with Crippen molar-refractivity contribution >= 4 is 5.91 Å². The Bertz CT molecular complexity index is 961. The molecule has 1 aliphatic rings. The van der Waals surface area contributed by atoms with Gasteiger partial charge in [0.1, 0.15) is 0 Å². The van der Waals surface area contributed by atoms with E-state index in [9.17, 15) is 4.79 Å². The van der Waals surface area contributed by atoms with Crippen LogP contribution in [0.5, 0.6) is 0 Å². The van der Waals surface area contributed by atoms with Gasteiger partial charge >= 0.3 is 0 Å². The van der Waals surface area contributed by atoms with Gasteiger partial charge in [0.2, 0.25) is 17.6 Å². The number of hydrogen-bond acceptors (Lipinski definition) is 5. The van der Waals surface area contributed by atoms with Crippen LogP contribution in [0, 0.1) is 6.92 Å². The molecule has 1 aromatic heterocycles. The number of piperazine rings is 1. The molecule has 0 N–H and O–H groups in total. The molecule has 0 aliphatic carbocycles. The largest absolute Gasteiger partial charge is 0.340 e. The first-order chi connectivity index (χ1) is 15.2. The minimum atomic E-state index is 0.262. The summed E-state index contributed by atoms with van der Waals surface area (Å²) in [5.74, 6) is 1.60. The molecule has 0 atom stereocenters. The van der Waals surface area contributed by atoms with E-state index in [1.165, 1.54) is 11.1 Å². The van der Waals surface area contributed by atoms with Crippen LogP contribution in [-0.2, 0) is 17.6 Å². The summed E-state index contributed by atoms with van der Waals surface area (Å²) in [5.41, 5.74) is 3.42. The molecule has 1 fully saturated rings. The summed E-state index contributed by atoms with van der Waals surface area (Å²) >= 11 is 0. The zero-order valence-electron chi connectivity index (χ0n) is 18.2. The average molecular weight is 419 g/mol. The standard InChI is InChI=1S/C25H30N4O2/c1-20-9-12-22(13-10-20)25-26-23(31-27-25)8-5-15-28-16-18-29(19-17-28)24(30)14-11-21-6-3-2-4-7-21/h2-4,6-7,9-10,12-13H,5,8,11,14-19H2,1H3. The fourth-order valence-corrected chi connectivity index (χ4v) is 3.91. The Kier molecular flexibility index (Phi) is 7.10. The fraction of sp³-hybridized carbons (Fsp3) is 0.400. The summed E-state index contributed by atoms with van der Waals surface area (Å²) in [7, 11) is 0. The van der Waals surface area contributed by atoms with Crippen molar-refractivity contribution in [3.8, 4) is 11.4 Å². The minimum absolute atomic E-state index is 0.262.